The fourth-order valence-electron chi connectivity index (χ4n) is 0.527. The fraction of sp³-hybridized carbons (Fsp3) is 0. The summed E-state index contributed by atoms with van der Waals surface area (Å²) < 4.78 is 6.96. The first-order chi connectivity index (χ1) is 4.33. The lowest BCUT2D eigenvalue weighted by Crippen LogP contribution is -1.69. The zero-order valence-corrected chi connectivity index (χ0v) is 6.49. The third-order valence-corrected chi connectivity index (χ3v) is 1.83. The van der Waals surface area contributed by atoms with E-state index in [1.165, 1.54) is 0 Å². The van der Waals surface area contributed by atoms with Crippen molar-refractivity contribution in [3.05, 3.63) is 24.3 Å². The number of nitrogens with one attached hydrogen (secondary N) is 1. The Morgan fingerprint density at radius 3 is 2.22 bits per heavy atom. The van der Waals surface area contributed by atoms with Crippen molar-refractivity contribution in [2.45, 2.75) is 9.79 Å². The van der Waals surface area contributed by atoms with Crippen molar-refractivity contribution in [1.82, 2.24) is 0 Å². The van der Waals surface area contributed by atoms with E-state index in [9.17, 15) is 0 Å². The summed E-state index contributed by atoms with van der Waals surface area (Å²) in [5.74, 6) is 0. The van der Waals surface area contributed by atoms with Crippen LogP contribution in [-0.4, -0.2) is 0 Å². The van der Waals surface area contributed by atoms with Crippen molar-refractivity contribution in [3.8, 4) is 0 Å². The quantitative estimate of drug-likeness (QED) is 0.519. The third-order valence-electron chi connectivity index (χ3n) is 0.979. The highest BCUT2D eigenvalue weighted by Gasteiger charge is 1.83. The first kappa shape index (κ1) is 6.83. The van der Waals surface area contributed by atoms with Crippen molar-refractivity contribution < 1.29 is 0 Å². The third kappa shape index (κ3) is 1.84. The Labute approximate surface area is 63.4 Å². The fourth-order valence-corrected chi connectivity index (χ4v) is 0.974. The van der Waals surface area contributed by atoms with Gasteiger partial charge in [-0.1, -0.05) is 11.6 Å². The van der Waals surface area contributed by atoms with Gasteiger partial charge in [0.05, 0.1) is 0 Å². The van der Waals surface area contributed by atoms with Crippen LogP contribution in [0.3, 0.4) is 0 Å². The highest BCUT2D eigenvalue weighted by Crippen LogP contribution is 2.06. The Kier molecular flexibility index (Phi) is 2.30. The Balaban J connectivity index is 3.01. The second kappa shape index (κ2) is 3.03. The maximum atomic E-state index is 6.96. The lowest BCUT2D eigenvalue weighted by Gasteiger charge is -1.90. The number of thiol groups is 2. The largest absolute Gasteiger partial charge is 0.279 e. The van der Waals surface area contributed by atoms with E-state index in [4.69, 9.17) is 4.78 Å². The van der Waals surface area contributed by atoms with Crippen LogP contribution in [0, 0.1) is 4.78 Å². The predicted molar refractivity (Wildman–Crippen MR) is 43.4 cm³/mol. The molecule has 0 aliphatic rings. The first-order valence-corrected chi connectivity index (χ1v) is 3.83. The molecule has 0 bridgehead atoms. The summed E-state index contributed by atoms with van der Waals surface area (Å²) in [4.78, 5) is 1.95. The van der Waals surface area contributed by atoms with Crippen LogP contribution in [0.1, 0.15) is 0 Å². The van der Waals surface area contributed by atoms with Crippen molar-refractivity contribution in [2.24, 2.45) is 0 Å². The zero-order valence-electron chi connectivity index (χ0n) is 4.70. The van der Waals surface area contributed by atoms with E-state index in [-0.39, 0.29) is 0 Å². The lowest BCUT2D eigenvalue weighted by atomic mass is 10.4. The molecule has 0 aliphatic carbocycles. The smallest absolute Gasteiger partial charge is 0.0152 e. The molecule has 0 heterocycles. The van der Waals surface area contributed by atoms with Crippen LogP contribution in [0.4, 0.5) is 0 Å². The molecule has 0 aromatic heterocycles. The molecule has 48 valence electrons. The van der Waals surface area contributed by atoms with Gasteiger partial charge < -0.3 is 0 Å². The second-order valence-electron chi connectivity index (χ2n) is 1.63. The highest BCUT2D eigenvalue weighted by atomic mass is 32.1. The minimum absolute atomic E-state index is 0.568. The average molecular weight is 157 g/mol. The van der Waals surface area contributed by atoms with Crippen LogP contribution in [0.15, 0.2) is 34.1 Å². The zero-order chi connectivity index (χ0) is 6.69. The van der Waals surface area contributed by atoms with Gasteiger partial charge in [-0.05, 0) is 24.3 Å². The van der Waals surface area contributed by atoms with Gasteiger partial charge in [-0.2, -0.15) is 0 Å². The molecule has 0 fully saturated rings. The topological polar surface area (TPSA) is 23.9 Å². The summed E-state index contributed by atoms with van der Waals surface area (Å²) in [6, 6.07) is 7.58. The molecule has 0 aliphatic heterocycles. The number of rotatable bonds is 1. The molecular formula is C6H7NS2. The predicted octanol–water partition coefficient (Wildman–Crippen LogP) is 1.91. The molecule has 0 saturated heterocycles. The monoisotopic (exact) mass is 157 g/mol. The van der Waals surface area contributed by atoms with Crippen LogP contribution in [0.25, 0.3) is 0 Å². The molecule has 1 nitrogen and oxygen atoms in total. The standard InChI is InChI=1S/C6H7NS2/c7-9-6-3-1-5(8)2-4-6/h1-4,7-9H. The number of hydrogen-bond acceptors (Lipinski definition) is 2. The summed E-state index contributed by atoms with van der Waals surface area (Å²) in [7, 11) is 0. The summed E-state index contributed by atoms with van der Waals surface area (Å²) in [5.41, 5.74) is 0. The second-order valence-corrected chi connectivity index (χ2v) is 2.88. The summed E-state index contributed by atoms with van der Waals surface area (Å²) in [5, 5.41) is 0. The van der Waals surface area contributed by atoms with E-state index in [0.29, 0.717) is 11.6 Å². The molecule has 1 aromatic rings. The maximum absolute atomic E-state index is 6.96. The van der Waals surface area contributed by atoms with Crippen molar-refractivity contribution in [2.75, 3.05) is 0 Å². The molecule has 0 radical (unpaired) electrons. The van der Waals surface area contributed by atoms with Gasteiger partial charge in [0.1, 0.15) is 0 Å². The van der Waals surface area contributed by atoms with Crippen LogP contribution < -0.4 is 0 Å². The summed E-state index contributed by atoms with van der Waals surface area (Å²) >= 11 is 4.67. The molecule has 9 heavy (non-hydrogen) atoms. The Morgan fingerprint density at radius 1 is 1.22 bits per heavy atom. The molecule has 1 aromatic carbocycles. The molecule has 0 unspecified atom stereocenters. The van der Waals surface area contributed by atoms with Crippen LogP contribution in [0.5, 0.6) is 0 Å². The van der Waals surface area contributed by atoms with Crippen molar-refractivity contribution in [1.29, 1.82) is 4.78 Å². The van der Waals surface area contributed by atoms with Gasteiger partial charge in [0.25, 0.3) is 0 Å². The molecule has 1 rings (SSSR count). The van der Waals surface area contributed by atoms with E-state index in [1.807, 2.05) is 24.3 Å². The number of benzene rings is 1. The minimum Gasteiger partial charge on any atom is -0.279 e. The summed E-state index contributed by atoms with van der Waals surface area (Å²) in [6.45, 7) is 0. The Morgan fingerprint density at radius 2 is 1.78 bits per heavy atom. The average Bonchev–Trinajstić information content (AvgIpc) is 1.90. The molecule has 0 saturated carbocycles. The maximum Gasteiger partial charge on any atom is 0.0152 e. The Hall–Kier alpha value is -0.280. The van der Waals surface area contributed by atoms with Crippen LogP contribution in [0.2, 0.25) is 0 Å². The summed E-state index contributed by atoms with van der Waals surface area (Å²) in [6.07, 6.45) is 0. The highest BCUT2D eigenvalue weighted by molar-refractivity contribution is 7.80. The number of hydrogen-bond donors (Lipinski definition) is 3. The van der Waals surface area contributed by atoms with E-state index in [2.05, 4.69) is 12.6 Å². The molecule has 3 heteroatoms. The van der Waals surface area contributed by atoms with Crippen molar-refractivity contribution in [3.63, 3.8) is 0 Å². The Bertz CT molecular complexity index is 205. The van der Waals surface area contributed by atoms with E-state index in [1.54, 1.807) is 0 Å². The van der Waals surface area contributed by atoms with E-state index < -0.39 is 0 Å². The van der Waals surface area contributed by atoms with Gasteiger partial charge in [0, 0.05) is 9.79 Å². The van der Waals surface area contributed by atoms with Crippen LogP contribution in [-0.2, 0) is 11.6 Å². The minimum atomic E-state index is 0.568. The van der Waals surface area contributed by atoms with Gasteiger partial charge in [0.15, 0.2) is 0 Å². The van der Waals surface area contributed by atoms with E-state index >= 15 is 0 Å². The van der Waals surface area contributed by atoms with Gasteiger partial charge >= 0.3 is 0 Å². The molecule has 0 spiro atoms. The lowest BCUT2D eigenvalue weighted by molar-refractivity contribution is 1.36. The molecule has 1 N–H and O–H groups in total. The van der Waals surface area contributed by atoms with E-state index in [0.717, 1.165) is 9.79 Å². The molecular weight excluding hydrogens is 150 g/mol. The molecule has 0 amide bonds. The first-order valence-electron chi connectivity index (χ1n) is 2.49. The van der Waals surface area contributed by atoms with Gasteiger partial charge in [-0.3, -0.25) is 4.78 Å². The molecule has 0 atom stereocenters. The van der Waals surface area contributed by atoms with Gasteiger partial charge in [0.2, 0.25) is 0 Å². The van der Waals surface area contributed by atoms with Gasteiger partial charge in [-0.15, -0.1) is 12.6 Å². The van der Waals surface area contributed by atoms with Gasteiger partial charge in [-0.25, -0.2) is 0 Å². The normalized spacial score (nSPS) is 9.44. The van der Waals surface area contributed by atoms with Crippen molar-refractivity contribution >= 4 is 24.2 Å². The SMILES string of the molecule is N=[SH]c1ccc(S)cc1. The van der Waals surface area contributed by atoms with Crippen LogP contribution >= 0.6 is 12.6 Å².